The van der Waals surface area contributed by atoms with Crippen LogP contribution in [0.1, 0.15) is 13.3 Å². The Morgan fingerprint density at radius 3 is 1.53 bits per heavy atom. The van der Waals surface area contributed by atoms with E-state index in [0.717, 1.165) is 16.7 Å². The monoisotopic (exact) mass is 841 g/mol. The van der Waals surface area contributed by atoms with Crippen LogP contribution in [0.4, 0.5) is 0 Å². The molecule has 0 spiro atoms. The van der Waals surface area contributed by atoms with Crippen molar-refractivity contribution < 1.29 is 14.0 Å². The summed E-state index contributed by atoms with van der Waals surface area (Å²) in [5, 5.41) is 0. The number of carbonyl (C=O) groups is 1. The molecule has 0 fully saturated rings. The Morgan fingerprint density at radius 1 is 0.765 bits per heavy atom. The van der Waals surface area contributed by atoms with Crippen LogP contribution in [0.15, 0.2) is 0 Å². The van der Waals surface area contributed by atoms with E-state index in [1.807, 2.05) is 6.92 Å². The Hall–Kier alpha value is 6.43. The van der Waals surface area contributed by atoms with Crippen LogP contribution >= 0.6 is 199 Å². The van der Waals surface area contributed by atoms with Crippen LogP contribution in [0.5, 0.6) is 0 Å². The summed E-state index contributed by atoms with van der Waals surface area (Å²) in [4.78, 5) is 12.1. The van der Waals surface area contributed by atoms with Gasteiger partial charge in [0.1, 0.15) is 0 Å². The second kappa shape index (κ2) is 29.5. The second-order valence-corrected chi connectivity index (χ2v) is 39.4. The number of ether oxygens (including phenoxy) is 1. The minimum Gasteiger partial charge on any atom is -0.465 e. The maximum atomic E-state index is 12.1. The molecule has 2 atom stereocenters. The first-order chi connectivity index (χ1) is 16.3. The van der Waals surface area contributed by atoms with Crippen LogP contribution in [-0.2, 0) is 9.53 Å². The van der Waals surface area contributed by atoms with Crippen molar-refractivity contribution in [1.82, 2.24) is 0 Å². The van der Waals surface area contributed by atoms with Crippen molar-refractivity contribution in [1.29, 1.82) is 0 Å². The van der Waals surface area contributed by atoms with Crippen molar-refractivity contribution in [3.05, 3.63) is 6.92 Å². The lowest BCUT2D eigenvalue weighted by Gasteiger charge is -2.31. The highest BCUT2D eigenvalue weighted by Gasteiger charge is 2.20. The van der Waals surface area contributed by atoms with Crippen molar-refractivity contribution in [3.8, 4) is 0 Å². The summed E-state index contributed by atoms with van der Waals surface area (Å²) in [7, 11) is 39.5. The van der Waals surface area contributed by atoms with Crippen LogP contribution in [0.2, 0.25) is 0 Å². The number of thiol groups is 1. The molecule has 0 aliphatic carbocycles. The van der Waals surface area contributed by atoms with Gasteiger partial charge in [0.25, 0.3) is 0 Å². The highest BCUT2D eigenvalue weighted by Crippen LogP contribution is 2.64. The van der Waals surface area contributed by atoms with E-state index in [1.54, 1.807) is 178 Å². The maximum absolute atomic E-state index is 12.1. The molecule has 23 heteroatoms. The quantitative estimate of drug-likeness (QED) is 0.0310. The van der Waals surface area contributed by atoms with E-state index in [9.17, 15) is 4.79 Å². The van der Waals surface area contributed by atoms with Gasteiger partial charge in [-0.05, 0) is 157 Å². The molecule has 0 aliphatic rings. The molecular weight excluding hydrogens is 819 g/mol. The standard InChI is InChI=1S/C11H22NO2S20/c1-9(11(13)14-7-6-10(2)12(3,4)5)8-16-18-20-22-24-26-28-30-32-34-33-31-29-27-25-23-21-19-17-15/h9-10H,2,6-8H2,1,3-5H3/p+1. The zero-order valence-electron chi connectivity index (χ0n) is 18.0. The average Bonchev–Trinajstić information content (AvgIpc) is 2.79. The topological polar surface area (TPSA) is 26.3 Å². The first-order valence-corrected chi connectivity index (χ1v) is 34.4. The predicted molar refractivity (Wildman–Crippen MR) is 210 cm³/mol. The van der Waals surface area contributed by atoms with Gasteiger partial charge < -0.3 is 9.22 Å². The Labute approximate surface area is 280 Å². The molecule has 0 rings (SSSR count). The molecular formula is C11H23NO2S20+. The first-order valence-electron chi connectivity index (χ1n) is 8.36. The van der Waals surface area contributed by atoms with Gasteiger partial charge in [-0.1, -0.05) is 29.4 Å². The van der Waals surface area contributed by atoms with Crippen molar-refractivity contribution in [3.63, 3.8) is 0 Å². The zero-order chi connectivity index (χ0) is 25.5. The van der Waals surface area contributed by atoms with Crippen molar-refractivity contribution >= 4 is 205 Å². The number of hydrogen-bond donors (Lipinski definition) is 1. The van der Waals surface area contributed by atoms with E-state index in [2.05, 4.69) is 39.7 Å². The highest BCUT2D eigenvalue weighted by molar-refractivity contribution is 9.58. The van der Waals surface area contributed by atoms with Crippen molar-refractivity contribution in [2.75, 3.05) is 33.5 Å². The fraction of sp³-hybridized carbons (Fsp3) is 0.818. The van der Waals surface area contributed by atoms with E-state index < -0.39 is 0 Å². The average molecular weight is 843 g/mol. The summed E-state index contributed by atoms with van der Waals surface area (Å²) in [5.74, 6) is 0.552. The van der Waals surface area contributed by atoms with Gasteiger partial charge in [0.05, 0.1) is 39.7 Å². The van der Waals surface area contributed by atoms with E-state index in [1.165, 1.54) is 9.83 Å². The van der Waals surface area contributed by atoms with Crippen LogP contribution in [0.25, 0.3) is 0 Å². The molecule has 0 amide bonds. The summed E-state index contributed by atoms with van der Waals surface area (Å²) >= 11 is 4.07. The molecule has 1 radical (unpaired) electrons. The molecule has 203 valence electrons. The Bertz CT molecular complexity index is 472. The summed E-state index contributed by atoms with van der Waals surface area (Å²) in [5.41, 5.74) is 0. The molecule has 0 saturated carbocycles. The minimum absolute atomic E-state index is 0.0926. The fourth-order valence-corrected chi connectivity index (χ4v) is 48.6. The highest BCUT2D eigenvalue weighted by atomic mass is 34.1. The number of rotatable bonds is 25. The predicted octanol–water partition coefficient (Wildman–Crippen LogP) is 13.7. The number of carbonyl (C=O) groups excluding carboxylic acids is 1. The first kappa shape index (κ1) is 40.4. The molecule has 0 aliphatic heterocycles. The van der Waals surface area contributed by atoms with Crippen LogP contribution in [-0.4, -0.2) is 50.0 Å². The number of hydrogen-bond acceptors (Lipinski definition) is 22. The molecule has 0 aromatic heterocycles. The Balaban J connectivity index is 3.33. The largest absolute Gasteiger partial charge is 0.465 e. The van der Waals surface area contributed by atoms with Gasteiger partial charge >= 0.3 is 5.97 Å². The van der Waals surface area contributed by atoms with E-state index in [0.29, 0.717) is 6.61 Å². The molecule has 3 nitrogen and oxygen atoms in total. The number of esters is 1. The number of quaternary nitrogens is 1. The summed E-state index contributed by atoms with van der Waals surface area (Å²) in [6.07, 6.45) is 0.781. The third kappa shape index (κ3) is 28.5. The SMILES string of the molecule is [CH2]C(CCOC(=O)C(C)CSSSSSSSSSSSSSSSSSSSS)[N+](C)(C)C. The Morgan fingerprint density at radius 2 is 1.15 bits per heavy atom. The second-order valence-electron chi connectivity index (χ2n) is 6.14. The molecule has 0 saturated heterocycles. The molecule has 0 N–H and O–H groups in total. The lowest BCUT2D eigenvalue weighted by molar-refractivity contribution is -0.890. The number of nitrogens with zero attached hydrogens (tertiary/aromatic N) is 1. The third-order valence-electron chi connectivity index (χ3n) is 3.03. The summed E-state index contributed by atoms with van der Waals surface area (Å²) < 4.78 is 6.18. The van der Waals surface area contributed by atoms with Gasteiger partial charge in [0, 0.05) is 38.7 Å². The smallest absolute Gasteiger partial charge is 0.309 e. The molecule has 0 aromatic rings. The zero-order valence-corrected chi connectivity index (χ0v) is 34.4. The van der Waals surface area contributed by atoms with E-state index in [-0.39, 0.29) is 17.9 Å². The fourth-order valence-electron chi connectivity index (χ4n) is 1.23. The van der Waals surface area contributed by atoms with E-state index in [4.69, 9.17) is 4.74 Å². The van der Waals surface area contributed by atoms with Gasteiger partial charge in [-0.15, -0.1) is 0 Å². The Kier molecular flexibility index (Phi) is 35.1. The summed E-state index contributed by atoms with van der Waals surface area (Å²) in [6.45, 7) is 6.51. The third-order valence-corrected chi connectivity index (χ3v) is 43.3. The van der Waals surface area contributed by atoms with Gasteiger partial charge in [0.15, 0.2) is 0 Å². The van der Waals surface area contributed by atoms with Crippen LogP contribution in [0.3, 0.4) is 0 Å². The lowest BCUT2D eigenvalue weighted by atomic mass is 10.2. The van der Waals surface area contributed by atoms with Crippen LogP contribution in [0, 0.1) is 12.8 Å². The van der Waals surface area contributed by atoms with Gasteiger partial charge in [-0.2, -0.15) is 0 Å². The minimum atomic E-state index is -0.114. The normalized spacial score (nSPS) is 13.7. The molecule has 0 aromatic carbocycles. The molecule has 0 heterocycles. The van der Waals surface area contributed by atoms with Gasteiger partial charge in [-0.3, -0.25) is 4.79 Å². The lowest BCUT2D eigenvalue weighted by Crippen LogP contribution is -2.44. The van der Waals surface area contributed by atoms with Crippen molar-refractivity contribution in [2.45, 2.75) is 19.4 Å². The van der Waals surface area contributed by atoms with Crippen molar-refractivity contribution in [2.24, 2.45) is 5.92 Å². The molecule has 2 unspecified atom stereocenters. The van der Waals surface area contributed by atoms with Gasteiger partial charge in [0.2, 0.25) is 0 Å². The molecule has 0 bridgehead atoms. The summed E-state index contributed by atoms with van der Waals surface area (Å²) in [6, 6.07) is 0.219. The van der Waals surface area contributed by atoms with E-state index >= 15 is 0 Å². The maximum Gasteiger partial charge on any atom is 0.309 e. The van der Waals surface area contributed by atoms with Gasteiger partial charge in [-0.25, -0.2) is 0 Å². The van der Waals surface area contributed by atoms with Crippen LogP contribution < -0.4 is 0 Å². The molecule has 34 heavy (non-hydrogen) atoms.